The maximum atomic E-state index is 11.8. The van der Waals surface area contributed by atoms with Gasteiger partial charge in [-0.1, -0.05) is 56.3 Å². The van der Waals surface area contributed by atoms with E-state index in [4.69, 9.17) is 4.74 Å². The maximum Gasteiger partial charge on any atom is 0.340 e. The number of benzene rings is 2. The van der Waals surface area contributed by atoms with Crippen molar-refractivity contribution in [2.24, 2.45) is 4.99 Å². The predicted octanol–water partition coefficient (Wildman–Crippen LogP) is 3.82. The quantitative estimate of drug-likeness (QED) is 0.600. The first-order valence-corrected chi connectivity index (χ1v) is 8.35. The highest BCUT2D eigenvalue weighted by Gasteiger charge is 2.29. The van der Waals surface area contributed by atoms with Gasteiger partial charge in [0.2, 0.25) is 6.23 Å². The zero-order valence-electron chi connectivity index (χ0n) is 14.1. The second-order valence-electron chi connectivity index (χ2n) is 5.83. The third-order valence-corrected chi connectivity index (χ3v) is 4.30. The molecule has 2 aromatic rings. The molecule has 0 saturated heterocycles. The van der Waals surface area contributed by atoms with Gasteiger partial charge in [0.05, 0.1) is 5.56 Å². The summed E-state index contributed by atoms with van der Waals surface area (Å²) in [6.07, 6.45) is 1.23. The van der Waals surface area contributed by atoms with Crippen molar-refractivity contribution in [3.05, 3.63) is 70.8 Å². The molecule has 0 fully saturated rings. The van der Waals surface area contributed by atoms with E-state index < -0.39 is 6.23 Å². The Morgan fingerprint density at radius 1 is 1.08 bits per heavy atom. The van der Waals surface area contributed by atoms with E-state index in [1.165, 1.54) is 5.56 Å². The molecule has 0 aliphatic carbocycles. The van der Waals surface area contributed by atoms with Gasteiger partial charge in [-0.15, -0.1) is 0 Å². The standard InChI is InChI=1S/C20H22N2O2/c1-3-22(4-2)14-16-11-9-15(10-12-16)13-21-19-17-7-5-6-8-18(17)20(23)24-19/h5-13,19H,3-4,14H2,1-2H3/b21-13+. The second-order valence-corrected chi connectivity index (χ2v) is 5.83. The number of aliphatic imine (C=N–C) groups is 1. The second kappa shape index (κ2) is 7.41. The highest BCUT2D eigenvalue weighted by atomic mass is 16.6. The minimum Gasteiger partial charge on any atom is -0.432 e. The Morgan fingerprint density at radius 3 is 2.50 bits per heavy atom. The zero-order valence-corrected chi connectivity index (χ0v) is 14.1. The summed E-state index contributed by atoms with van der Waals surface area (Å²) in [4.78, 5) is 18.6. The lowest BCUT2D eigenvalue weighted by atomic mass is 10.1. The summed E-state index contributed by atoms with van der Waals surface area (Å²) in [5.74, 6) is -0.303. The molecule has 2 aromatic carbocycles. The zero-order chi connectivity index (χ0) is 16.9. The van der Waals surface area contributed by atoms with Crippen LogP contribution < -0.4 is 0 Å². The maximum absolute atomic E-state index is 11.8. The van der Waals surface area contributed by atoms with Crippen LogP contribution in [-0.2, 0) is 11.3 Å². The van der Waals surface area contributed by atoms with Gasteiger partial charge in [-0.2, -0.15) is 0 Å². The monoisotopic (exact) mass is 322 g/mol. The number of cyclic esters (lactones) is 1. The molecular formula is C20H22N2O2. The Bertz CT molecular complexity index is 734. The third kappa shape index (κ3) is 3.54. The Morgan fingerprint density at radius 2 is 1.79 bits per heavy atom. The van der Waals surface area contributed by atoms with Crippen LogP contribution in [0.15, 0.2) is 53.5 Å². The third-order valence-electron chi connectivity index (χ3n) is 4.30. The van der Waals surface area contributed by atoms with Crippen LogP contribution in [0.5, 0.6) is 0 Å². The van der Waals surface area contributed by atoms with Gasteiger partial charge in [0.25, 0.3) is 0 Å². The average molecular weight is 322 g/mol. The highest BCUT2D eigenvalue weighted by molar-refractivity contribution is 5.94. The van der Waals surface area contributed by atoms with Crippen molar-refractivity contribution in [3.63, 3.8) is 0 Å². The van der Waals surface area contributed by atoms with Gasteiger partial charge in [-0.25, -0.2) is 9.79 Å². The summed E-state index contributed by atoms with van der Waals surface area (Å²) in [6.45, 7) is 7.40. The van der Waals surface area contributed by atoms with Crippen LogP contribution in [0.1, 0.15) is 47.1 Å². The minimum absolute atomic E-state index is 0.303. The summed E-state index contributed by atoms with van der Waals surface area (Å²) in [6, 6.07) is 15.7. The van der Waals surface area contributed by atoms with Crippen molar-refractivity contribution in [2.75, 3.05) is 13.1 Å². The average Bonchev–Trinajstić information content (AvgIpc) is 2.95. The lowest BCUT2D eigenvalue weighted by Crippen LogP contribution is -2.21. The first-order valence-electron chi connectivity index (χ1n) is 8.35. The molecule has 4 heteroatoms. The van der Waals surface area contributed by atoms with Crippen LogP contribution in [0, 0.1) is 0 Å². The Kier molecular flexibility index (Phi) is 5.06. The molecule has 1 aliphatic heterocycles. The molecule has 0 radical (unpaired) electrons. The van der Waals surface area contributed by atoms with E-state index in [2.05, 4.69) is 35.9 Å². The summed E-state index contributed by atoms with van der Waals surface area (Å²) in [5.41, 5.74) is 3.72. The summed E-state index contributed by atoms with van der Waals surface area (Å²) < 4.78 is 5.32. The number of rotatable bonds is 6. The highest BCUT2D eigenvalue weighted by Crippen LogP contribution is 2.31. The van der Waals surface area contributed by atoms with Gasteiger partial charge < -0.3 is 4.74 Å². The minimum atomic E-state index is -0.538. The SMILES string of the molecule is CCN(CC)Cc1ccc(/C=N/C2OC(=O)c3ccccc32)cc1. The molecule has 24 heavy (non-hydrogen) atoms. The molecule has 4 nitrogen and oxygen atoms in total. The van der Waals surface area contributed by atoms with Gasteiger partial charge >= 0.3 is 5.97 Å². The molecule has 1 unspecified atom stereocenters. The molecule has 3 rings (SSSR count). The molecule has 0 spiro atoms. The number of fused-ring (bicyclic) bond motifs is 1. The van der Waals surface area contributed by atoms with E-state index >= 15 is 0 Å². The lowest BCUT2D eigenvalue weighted by Gasteiger charge is -2.17. The van der Waals surface area contributed by atoms with Crippen LogP contribution in [0.4, 0.5) is 0 Å². The Balaban J connectivity index is 1.69. The largest absolute Gasteiger partial charge is 0.432 e. The van der Waals surface area contributed by atoms with E-state index in [1.807, 2.05) is 30.3 Å². The number of carbonyl (C=O) groups excluding carboxylic acids is 1. The summed E-state index contributed by atoms with van der Waals surface area (Å²) >= 11 is 0. The van der Waals surface area contributed by atoms with Crippen LogP contribution in [0.25, 0.3) is 0 Å². The van der Waals surface area contributed by atoms with E-state index in [-0.39, 0.29) is 5.97 Å². The van der Waals surface area contributed by atoms with Gasteiger partial charge in [0.15, 0.2) is 0 Å². The molecule has 1 atom stereocenters. The van der Waals surface area contributed by atoms with Crippen LogP contribution in [0.2, 0.25) is 0 Å². The number of esters is 1. The Hall–Kier alpha value is -2.46. The van der Waals surface area contributed by atoms with E-state index in [0.29, 0.717) is 5.56 Å². The van der Waals surface area contributed by atoms with Crippen molar-refractivity contribution < 1.29 is 9.53 Å². The molecule has 124 valence electrons. The van der Waals surface area contributed by atoms with Crippen LogP contribution >= 0.6 is 0 Å². The molecule has 0 amide bonds. The first-order chi connectivity index (χ1) is 11.7. The topological polar surface area (TPSA) is 41.9 Å². The molecule has 0 N–H and O–H groups in total. The molecular weight excluding hydrogens is 300 g/mol. The summed E-state index contributed by atoms with van der Waals surface area (Å²) in [5, 5.41) is 0. The molecule has 1 heterocycles. The van der Waals surface area contributed by atoms with Crippen molar-refractivity contribution in [1.29, 1.82) is 0 Å². The molecule has 0 saturated carbocycles. The number of hydrogen-bond donors (Lipinski definition) is 0. The number of hydrogen-bond acceptors (Lipinski definition) is 4. The molecule has 0 aromatic heterocycles. The summed E-state index contributed by atoms with van der Waals surface area (Å²) in [7, 11) is 0. The van der Waals surface area contributed by atoms with Crippen molar-refractivity contribution in [2.45, 2.75) is 26.6 Å². The van der Waals surface area contributed by atoms with Crippen molar-refractivity contribution >= 4 is 12.2 Å². The lowest BCUT2D eigenvalue weighted by molar-refractivity contribution is 0.0405. The normalized spacial score (nSPS) is 16.6. The fraction of sp³-hybridized carbons (Fsp3) is 0.300. The van der Waals surface area contributed by atoms with Gasteiger partial charge in [0, 0.05) is 18.3 Å². The fourth-order valence-corrected chi connectivity index (χ4v) is 2.81. The number of ether oxygens (including phenoxy) is 1. The van der Waals surface area contributed by atoms with E-state index in [0.717, 1.165) is 30.8 Å². The van der Waals surface area contributed by atoms with Gasteiger partial charge in [-0.05, 0) is 30.3 Å². The van der Waals surface area contributed by atoms with Crippen LogP contribution in [0.3, 0.4) is 0 Å². The van der Waals surface area contributed by atoms with Crippen molar-refractivity contribution in [1.82, 2.24) is 4.90 Å². The Labute approximate surface area is 142 Å². The molecule has 0 bridgehead atoms. The number of carbonyl (C=O) groups is 1. The molecule has 1 aliphatic rings. The predicted molar refractivity (Wildman–Crippen MR) is 95.3 cm³/mol. The van der Waals surface area contributed by atoms with E-state index in [1.54, 1.807) is 12.3 Å². The van der Waals surface area contributed by atoms with Crippen molar-refractivity contribution in [3.8, 4) is 0 Å². The van der Waals surface area contributed by atoms with Gasteiger partial charge in [0.1, 0.15) is 0 Å². The fourth-order valence-electron chi connectivity index (χ4n) is 2.81. The van der Waals surface area contributed by atoms with Crippen LogP contribution in [-0.4, -0.2) is 30.2 Å². The number of nitrogens with zero attached hydrogens (tertiary/aromatic N) is 2. The first kappa shape index (κ1) is 16.4. The van der Waals surface area contributed by atoms with E-state index in [9.17, 15) is 4.79 Å². The van der Waals surface area contributed by atoms with Gasteiger partial charge in [-0.3, -0.25) is 4.90 Å². The smallest absolute Gasteiger partial charge is 0.340 e.